The molecule has 2 rings (SSSR count). The first-order valence-electron chi connectivity index (χ1n) is 8.20. The Kier molecular flexibility index (Phi) is 6.25. The molecule has 4 heteroatoms. The van der Waals surface area contributed by atoms with Crippen LogP contribution in [0.4, 0.5) is 0 Å². The molecule has 1 atom stereocenters. The van der Waals surface area contributed by atoms with Gasteiger partial charge in [-0.1, -0.05) is 56.7 Å². The van der Waals surface area contributed by atoms with Crippen molar-refractivity contribution < 1.29 is 4.74 Å². The summed E-state index contributed by atoms with van der Waals surface area (Å²) >= 11 is 6.17. The third-order valence-electron chi connectivity index (χ3n) is 3.94. The van der Waals surface area contributed by atoms with E-state index in [1.807, 2.05) is 24.3 Å². The lowest BCUT2D eigenvalue weighted by Gasteiger charge is -2.19. The van der Waals surface area contributed by atoms with Gasteiger partial charge in [-0.3, -0.25) is 0 Å². The number of hydrogen-bond donors (Lipinski definition) is 0. The molecule has 0 saturated carbocycles. The van der Waals surface area contributed by atoms with Crippen LogP contribution in [0.15, 0.2) is 30.5 Å². The number of ether oxygens (including phenoxy) is 1. The van der Waals surface area contributed by atoms with Crippen molar-refractivity contribution in [3.63, 3.8) is 0 Å². The van der Waals surface area contributed by atoms with Gasteiger partial charge in [-0.05, 0) is 37.9 Å². The first kappa shape index (κ1) is 18.0. The minimum absolute atomic E-state index is 0.171. The lowest BCUT2D eigenvalue weighted by Crippen LogP contribution is -2.30. The van der Waals surface area contributed by atoms with E-state index in [1.165, 1.54) is 12.8 Å². The zero-order valence-electron chi connectivity index (χ0n) is 14.6. The summed E-state index contributed by atoms with van der Waals surface area (Å²) in [6.07, 6.45) is 12.3. The molecule has 0 spiro atoms. The Morgan fingerprint density at radius 1 is 1.39 bits per heavy atom. The highest BCUT2D eigenvalue weighted by molar-refractivity contribution is 6.30. The molecule has 0 N–H and O–H groups in total. The van der Waals surface area contributed by atoms with Gasteiger partial charge in [0.15, 0.2) is 0 Å². The second kappa shape index (κ2) is 7.98. The van der Waals surface area contributed by atoms with E-state index in [9.17, 15) is 0 Å². The molecule has 0 aliphatic carbocycles. The minimum Gasteiger partial charge on any atom is -0.490 e. The highest BCUT2D eigenvalue weighted by atomic mass is 35.5. The van der Waals surface area contributed by atoms with Crippen LogP contribution < -0.4 is 4.74 Å². The van der Waals surface area contributed by atoms with Gasteiger partial charge in [0.05, 0.1) is 6.20 Å². The zero-order chi connectivity index (χ0) is 16.9. The van der Waals surface area contributed by atoms with E-state index in [0.717, 1.165) is 17.9 Å². The molecule has 1 fully saturated rings. The molecule has 23 heavy (non-hydrogen) atoms. The van der Waals surface area contributed by atoms with Crippen molar-refractivity contribution in [1.29, 1.82) is 0 Å². The van der Waals surface area contributed by atoms with Gasteiger partial charge in [-0.15, -0.1) is 0 Å². The molecule has 126 valence electrons. The lowest BCUT2D eigenvalue weighted by atomic mass is 9.96. The largest absolute Gasteiger partial charge is 0.490 e. The van der Waals surface area contributed by atoms with E-state index in [2.05, 4.69) is 43.8 Å². The normalized spacial score (nSPS) is 20.0. The van der Waals surface area contributed by atoms with E-state index >= 15 is 0 Å². The Morgan fingerprint density at radius 2 is 2.17 bits per heavy atom. The van der Waals surface area contributed by atoms with Gasteiger partial charge in [0.2, 0.25) is 0 Å². The molecule has 2 heterocycles. The molecular weight excluding hydrogens is 308 g/mol. The molecular formula is C19H27ClN2O. The number of allylic oxidation sites excluding steroid dienone is 3. The Balaban J connectivity index is 1.98. The summed E-state index contributed by atoms with van der Waals surface area (Å²) in [6.45, 7) is 8.36. The predicted molar refractivity (Wildman–Crippen MR) is 98.0 cm³/mol. The van der Waals surface area contributed by atoms with Gasteiger partial charge in [0.25, 0.3) is 0 Å². The zero-order valence-corrected chi connectivity index (χ0v) is 15.3. The maximum absolute atomic E-state index is 6.17. The average molecular weight is 335 g/mol. The molecule has 0 bridgehead atoms. The second-order valence-corrected chi connectivity index (χ2v) is 7.58. The Labute approximate surface area is 145 Å². The molecule has 0 radical (unpaired) electrons. The number of pyridine rings is 1. The van der Waals surface area contributed by atoms with Crippen LogP contribution in [-0.2, 0) is 0 Å². The highest BCUT2D eigenvalue weighted by Crippen LogP contribution is 2.22. The number of likely N-dealkylation sites (tertiary alicyclic amines) is 1. The van der Waals surface area contributed by atoms with Crippen LogP contribution in [0.5, 0.6) is 5.75 Å². The third-order valence-corrected chi connectivity index (χ3v) is 4.25. The summed E-state index contributed by atoms with van der Waals surface area (Å²) in [5, 5.41) is 0.496. The van der Waals surface area contributed by atoms with Crippen molar-refractivity contribution in [2.45, 2.75) is 39.7 Å². The van der Waals surface area contributed by atoms with Crippen molar-refractivity contribution in [3.8, 4) is 5.75 Å². The smallest absolute Gasteiger partial charge is 0.138 e. The molecule has 1 saturated heterocycles. The number of rotatable bonds is 5. The first-order valence-corrected chi connectivity index (χ1v) is 8.57. The summed E-state index contributed by atoms with van der Waals surface area (Å²) < 4.78 is 5.90. The number of halogens is 1. The summed E-state index contributed by atoms with van der Waals surface area (Å²) in [7, 11) is 2.15. The average Bonchev–Trinajstić information content (AvgIpc) is 2.88. The monoisotopic (exact) mass is 334 g/mol. The number of hydrogen-bond acceptors (Lipinski definition) is 3. The summed E-state index contributed by atoms with van der Waals surface area (Å²) in [5.74, 6) is 0.772. The van der Waals surface area contributed by atoms with E-state index < -0.39 is 0 Å². The van der Waals surface area contributed by atoms with Crippen LogP contribution in [0.1, 0.15) is 39.2 Å². The van der Waals surface area contributed by atoms with Crippen molar-refractivity contribution >= 4 is 17.7 Å². The lowest BCUT2D eigenvalue weighted by molar-refractivity contribution is 0.198. The SMILES string of the molecule is CN1CCC[C@H]1COc1cnc(Cl)c(C=CC=CC(C)(C)C)c1. The van der Waals surface area contributed by atoms with Crippen LogP contribution >= 0.6 is 11.6 Å². The van der Waals surface area contributed by atoms with E-state index in [1.54, 1.807) is 6.20 Å². The Hall–Kier alpha value is -1.32. The molecule has 1 aliphatic heterocycles. The standard InChI is InChI=1S/C19H27ClN2O/c1-19(2,3)10-6-5-8-15-12-17(13-21-18(15)20)23-14-16-9-7-11-22(16)4/h5-6,8,10,12-13,16H,7,9,11,14H2,1-4H3/t16-/m0/s1. The highest BCUT2D eigenvalue weighted by Gasteiger charge is 2.21. The fraction of sp³-hybridized carbons (Fsp3) is 0.526. The van der Waals surface area contributed by atoms with E-state index in [0.29, 0.717) is 17.8 Å². The molecule has 1 aromatic rings. The minimum atomic E-state index is 0.171. The fourth-order valence-electron chi connectivity index (χ4n) is 2.53. The van der Waals surface area contributed by atoms with Crippen LogP contribution in [0.2, 0.25) is 5.15 Å². The third kappa shape index (κ3) is 6.00. The van der Waals surface area contributed by atoms with Crippen LogP contribution in [0.25, 0.3) is 6.08 Å². The molecule has 1 aromatic heterocycles. The molecule has 0 unspecified atom stereocenters. The molecule has 0 aromatic carbocycles. The van der Waals surface area contributed by atoms with Gasteiger partial charge >= 0.3 is 0 Å². The van der Waals surface area contributed by atoms with Crippen LogP contribution in [-0.4, -0.2) is 36.1 Å². The van der Waals surface area contributed by atoms with Crippen molar-refractivity contribution in [1.82, 2.24) is 9.88 Å². The maximum Gasteiger partial charge on any atom is 0.138 e. The molecule has 3 nitrogen and oxygen atoms in total. The Bertz CT molecular complexity index is 575. The number of nitrogens with zero attached hydrogens (tertiary/aromatic N) is 2. The van der Waals surface area contributed by atoms with Crippen molar-refractivity contribution in [2.24, 2.45) is 5.41 Å². The van der Waals surface area contributed by atoms with Crippen LogP contribution in [0.3, 0.4) is 0 Å². The van der Waals surface area contributed by atoms with Gasteiger partial charge in [0.1, 0.15) is 17.5 Å². The van der Waals surface area contributed by atoms with Gasteiger partial charge in [-0.25, -0.2) is 4.98 Å². The summed E-state index contributed by atoms with van der Waals surface area (Å²) in [6, 6.07) is 2.45. The number of aromatic nitrogens is 1. The number of likely N-dealkylation sites (N-methyl/N-ethyl adjacent to an activating group) is 1. The summed E-state index contributed by atoms with van der Waals surface area (Å²) in [5.41, 5.74) is 1.05. The van der Waals surface area contributed by atoms with Crippen LogP contribution in [0, 0.1) is 5.41 Å². The molecule has 1 aliphatic rings. The van der Waals surface area contributed by atoms with Crippen molar-refractivity contribution in [2.75, 3.05) is 20.2 Å². The molecule has 0 amide bonds. The van der Waals surface area contributed by atoms with Gasteiger partial charge in [0, 0.05) is 11.6 Å². The predicted octanol–water partition coefficient (Wildman–Crippen LogP) is 4.82. The van der Waals surface area contributed by atoms with Gasteiger partial charge in [-0.2, -0.15) is 0 Å². The second-order valence-electron chi connectivity index (χ2n) is 7.22. The van der Waals surface area contributed by atoms with Gasteiger partial charge < -0.3 is 9.64 Å². The van der Waals surface area contributed by atoms with E-state index in [4.69, 9.17) is 16.3 Å². The maximum atomic E-state index is 6.17. The Morgan fingerprint density at radius 3 is 2.83 bits per heavy atom. The van der Waals surface area contributed by atoms with Crippen molar-refractivity contribution in [3.05, 3.63) is 41.2 Å². The topological polar surface area (TPSA) is 25.4 Å². The summed E-state index contributed by atoms with van der Waals surface area (Å²) in [4.78, 5) is 6.57. The van der Waals surface area contributed by atoms with E-state index in [-0.39, 0.29) is 5.41 Å². The quantitative estimate of drug-likeness (QED) is 0.570. The fourth-order valence-corrected chi connectivity index (χ4v) is 2.69. The first-order chi connectivity index (χ1) is 10.8.